The first kappa shape index (κ1) is 23.1. The normalized spacial score (nSPS) is 26.7. The number of halogens is 4. The van der Waals surface area contributed by atoms with E-state index in [0.717, 1.165) is 16.8 Å². The highest BCUT2D eigenvalue weighted by atomic mass is 32.2. The second kappa shape index (κ2) is 9.43. The molecule has 1 heterocycles. The Balaban J connectivity index is 1.65. The fourth-order valence-electron chi connectivity index (χ4n) is 4.50. The van der Waals surface area contributed by atoms with Gasteiger partial charge in [0.2, 0.25) is 5.91 Å². The lowest BCUT2D eigenvalue weighted by Gasteiger charge is -2.35. The average Bonchev–Trinajstić information content (AvgIpc) is 3.01. The minimum Gasteiger partial charge on any atom is -0.331 e. The highest BCUT2D eigenvalue weighted by molar-refractivity contribution is 7.97. The highest BCUT2D eigenvalue weighted by Crippen LogP contribution is 2.40. The van der Waals surface area contributed by atoms with Crippen molar-refractivity contribution in [1.82, 2.24) is 9.62 Å². The van der Waals surface area contributed by atoms with Gasteiger partial charge in [0.05, 0.1) is 12.6 Å². The molecule has 1 aliphatic heterocycles. The molecule has 2 aliphatic rings. The van der Waals surface area contributed by atoms with Crippen molar-refractivity contribution in [2.75, 3.05) is 12.3 Å². The van der Waals surface area contributed by atoms with Gasteiger partial charge in [-0.3, -0.25) is 9.52 Å². The molecule has 0 radical (unpaired) electrons. The van der Waals surface area contributed by atoms with Crippen molar-refractivity contribution in [3.05, 3.63) is 59.9 Å². The maximum absolute atomic E-state index is 15.4. The van der Waals surface area contributed by atoms with E-state index in [1.807, 2.05) is 13.0 Å². The summed E-state index contributed by atoms with van der Waals surface area (Å²) in [6.07, 6.45) is -0.989. The average molecular weight is 467 g/mol. The van der Waals surface area contributed by atoms with Crippen molar-refractivity contribution in [3.63, 3.8) is 0 Å². The largest absolute Gasteiger partial charge is 0.331 e. The first-order valence-corrected chi connectivity index (χ1v) is 11.8. The van der Waals surface area contributed by atoms with Crippen molar-refractivity contribution in [1.29, 1.82) is 0 Å². The molecule has 172 valence electrons. The summed E-state index contributed by atoms with van der Waals surface area (Å²) in [6.45, 7) is 1.09. The molecule has 0 aromatic heterocycles. The number of amides is 1. The number of hydrogen-bond donors (Lipinski definition) is 1. The molecule has 2 aromatic carbocycles. The molecule has 0 unspecified atom stereocenters. The van der Waals surface area contributed by atoms with Gasteiger partial charge >= 0.3 is 0 Å². The van der Waals surface area contributed by atoms with E-state index in [1.165, 1.54) is 0 Å². The van der Waals surface area contributed by atoms with Gasteiger partial charge in [-0.15, -0.1) is 0 Å². The number of alkyl halides is 3. The molecule has 0 bridgehead atoms. The minimum absolute atomic E-state index is 0.0540. The van der Waals surface area contributed by atoms with Crippen molar-refractivity contribution in [3.8, 4) is 11.1 Å². The van der Waals surface area contributed by atoms with Crippen LogP contribution >= 0.6 is 11.9 Å². The molecule has 32 heavy (non-hydrogen) atoms. The van der Waals surface area contributed by atoms with Gasteiger partial charge in [0.15, 0.2) is 0 Å². The SMILES string of the molecule is CCSN[C@@H]1[C@H](Cc2cccc(-c3ccccc3)c2F)N(C(=O)[C@H]2C[C@@H](F)C2)CC1(F)F. The summed E-state index contributed by atoms with van der Waals surface area (Å²) in [7, 11) is 0. The first-order valence-electron chi connectivity index (χ1n) is 10.8. The smallest absolute Gasteiger partial charge is 0.283 e. The third kappa shape index (κ3) is 4.53. The number of carbonyl (C=O) groups is 1. The van der Waals surface area contributed by atoms with Crippen LogP contribution in [0.15, 0.2) is 48.5 Å². The van der Waals surface area contributed by atoms with Crippen LogP contribution in [0.3, 0.4) is 0 Å². The Labute approximate surface area is 189 Å². The number of carbonyl (C=O) groups excluding carboxylic acids is 1. The van der Waals surface area contributed by atoms with Crippen LogP contribution in [0.4, 0.5) is 17.6 Å². The Morgan fingerprint density at radius 2 is 1.88 bits per heavy atom. The van der Waals surface area contributed by atoms with E-state index >= 15 is 4.39 Å². The van der Waals surface area contributed by atoms with Gasteiger partial charge < -0.3 is 4.90 Å². The van der Waals surface area contributed by atoms with Crippen LogP contribution in [0.5, 0.6) is 0 Å². The monoisotopic (exact) mass is 466 g/mol. The molecule has 8 heteroatoms. The topological polar surface area (TPSA) is 32.3 Å². The van der Waals surface area contributed by atoms with E-state index in [1.54, 1.807) is 42.5 Å². The van der Waals surface area contributed by atoms with Crippen LogP contribution in [-0.4, -0.2) is 47.3 Å². The van der Waals surface area contributed by atoms with E-state index in [-0.39, 0.29) is 24.8 Å². The molecule has 4 rings (SSSR count). The van der Waals surface area contributed by atoms with Gasteiger partial charge in [0, 0.05) is 17.2 Å². The second-order valence-electron chi connectivity index (χ2n) is 8.44. The van der Waals surface area contributed by atoms with Gasteiger partial charge in [0.25, 0.3) is 5.92 Å². The summed E-state index contributed by atoms with van der Waals surface area (Å²) in [6, 6.07) is 11.7. The minimum atomic E-state index is -3.17. The molecule has 1 saturated heterocycles. The lowest BCUT2D eigenvalue weighted by Crippen LogP contribution is -2.50. The maximum Gasteiger partial charge on any atom is 0.283 e. The molecule has 0 spiro atoms. The summed E-state index contributed by atoms with van der Waals surface area (Å²) in [5.74, 6) is -4.13. The zero-order valence-electron chi connectivity index (χ0n) is 17.7. The van der Waals surface area contributed by atoms with Crippen LogP contribution in [0.2, 0.25) is 0 Å². The molecule has 1 saturated carbocycles. The molecule has 1 aliphatic carbocycles. The molecule has 3 nitrogen and oxygen atoms in total. The second-order valence-corrected chi connectivity index (χ2v) is 9.54. The van der Waals surface area contributed by atoms with Gasteiger partial charge in [-0.1, -0.05) is 67.4 Å². The first-order chi connectivity index (χ1) is 15.3. The fraction of sp³-hybridized carbons (Fsp3) is 0.458. The van der Waals surface area contributed by atoms with Crippen LogP contribution < -0.4 is 4.72 Å². The number of benzene rings is 2. The van der Waals surface area contributed by atoms with E-state index in [2.05, 4.69) is 4.72 Å². The molecular weight excluding hydrogens is 440 g/mol. The van der Waals surface area contributed by atoms with Crippen molar-refractivity contribution < 1.29 is 22.4 Å². The third-order valence-electron chi connectivity index (χ3n) is 6.28. The Morgan fingerprint density at radius 3 is 2.53 bits per heavy atom. The number of likely N-dealkylation sites (tertiary alicyclic amines) is 1. The predicted octanol–water partition coefficient (Wildman–Crippen LogP) is 5.26. The number of nitrogens with one attached hydrogen (secondary N) is 1. The van der Waals surface area contributed by atoms with E-state index in [4.69, 9.17) is 0 Å². The molecule has 1 N–H and O–H groups in total. The van der Waals surface area contributed by atoms with Gasteiger partial charge in [-0.05, 0) is 30.4 Å². The predicted molar refractivity (Wildman–Crippen MR) is 119 cm³/mol. The number of nitrogens with zero attached hydrogens (tertiary/aromatic N) is 1. The zero-order chi connectivity index (χ0) is 22.9. The quantitative estimate of drug-likeness (QED) is 0.447. The number of rotatable bonds is 7. The maximum atomic E-state index is 15.4. The Kier molecular flexibility index (Phi) is 6.81. The molecule has 2 fully saturated rings. The Bertz CT molecular complexity index is 952. The summed E-state index contributed by atoms with van der Waals surface area (Å²) < 4.78 is 61.5. The van der Waals surface area contributed by atoms with Gasteiger partial charge in [-0.25, -0.2) is 17.6 Å². The Morgan fingerprint density at radius 1 is 1.16 bits per heavy atom. The Hall–Kier alpha value is -2.06. The lowest BCUT2D eigenvalue weighted by atomic mass is 9.82. The number of hydrogen-bond acceptors (Lipinski definition) is 3. The lowest BCUT2D eigenvalue weighted by molar-refractivity contribution is -0.142. The fourth-order valence-corrected chi connectivity index (χ4v) is 5.18. The standard InChI is InChI=1S/C24H26F4N2OS/c1-2-32-29-22-20(30(14-24(22,27)28)23(31)17-11-18(25)12-17)13-16-9-6-10-19(21(16)26)15-7-4-3-5-8-15/h3-10,17-18,20,22,29H,2,11-14H2,1H3/t17-,18+,20-,22+/m0/s1. The van der Waals surface area contributed by atoms with E-state index in [9.17, 15) is 18.0 Å². The van der Waals surface area contributed by atoms with Crippen LogP contribution in [0.25, 0.3) is 11.1 Å². The van der Waals surface area contributed by atoms with Crippen molar-refractivity contribution >= 4 is 17.9 Å². The van der Waals surface area contributed by atoms with Crippen LogP contribution in [-0.2, 0) is 11.2 Å². The van der Waals surface area contributed by atoms with Gasteiger partial charge in [-0.2, -0.15) is 0 Å². The third-order valence-corrected chi connectivity index (χ3v) is 6.99. The van der Waals surface area contributed by atoms with Gasteiger partial charge in [0.1, 0.15) is 18.0 Å². The van der Waals surface area contributed by atoms with E-state index in [0.29, 0.717) is 16.9 Å². The van der Waals surface area contributed by atoms with Crippen molar-refractivity contribution in [2.24, 2.45) is 5.92 Å². The van der Waals surface area contributed by atoms with Crippen LogP contribution in [0.1, 0.15) is 25.3 Å². The van der Waals surface area contributed by atoms with Crippen LogP contribution in [0, 0.1) is 11.7 Å². The summed E-state index contributed by atoms with van der Waals surface area (Å²) >= 11 is 1.15. The zero-order valence-corrected chi connectivity index (χ0v) is 18.6. The van der Waals surface area contributed by atoms with E-state index < -0.39 is 48.4 Å². The summed E-state index contributed by atoms with van der Waals surface area (Å²) in [5, 5.41) is 0. The summed E-state index contributed by atoms with van der Waals surface area (Å²) in [4.78, 5) is 14.1. The highest BCUT2D eigenvalue weighted by Gasteiger charge is 2.57. The molecular formula is C24H26F4N2OS. The molecule has 1 amide bonds. The summed E-state index contributed by atoms with van der Waals surface area (Å²) in [5.41, 5.74) is 1.35. The molecule has 2 atom stereocenters. The molecule has 2 aromatic rings. The van der Waals surface area contributed by atoms with Crippen molar-refractivity contribution in [2.45, 2.75) is 50.4 Å².